The Bertz CT molecular complexity index is 638. The first-order valence-corrected chi connectivity index (χ1v) is 6.83. The predicted octanol–water partition coefficient (Wildman–Crippen LogP) is 3.35. The summed E-state index contributed by atoms with van der Waals surface area (Å²) >= 11 is 0. The Balaban J connectivity index is 0.00000242. The van der Waals surface area contributed by atoms with Crippen molar-refractivity contribution in [3.8, 4) is 11.3 Å². The van der Waals surface area contributed by atoms with Crippen molar-refractivity contribution in [2.24, 2.45) is 10.7 Å². The maximum Gasteiger partial charge on any atom is 0.189 e. The zero-order valence-electron chi connectivity index (χ0n) is 12.6. The van der Waals surface area contributed by atoms with Gasteiger partial charge in [0.25, 0.3) is 0 Å². The average molecular weight is 408 g/mol. The predicted molar refractivity (Wildman–Crippen MR) is 103 cm³/mol. The van der Waals surface area contributed by atoms with Crippen LogP contribution in [0.5, 0.6) is 0 Å². The van der Waals surface area contributed by atoms with Gasteiger partial charge in [0.2, 0.25) is 0 Å². The van der Waals surface area contributed by atoms with E-state index in [1.807, 2.05) is 43.3 Å². The smallest absolute Gasteiger partial charge is 0.189 e. The van der Waals surface area contributed by atoms with Crippen LogP contribution in [0, 0.1) is 0 Å². The second kappa shape index (κ2) is 9.19. The van der Waals surface area contributed by atoms with Crippen molar-refractivity contribution in [1.82, 2.24) is 10.3 Å². The van der Waals surface area contributed by atoms with E-state index < -0.39 is 0 Å². The summed E-state index contributed by atoms with van der Waals surface area (Å²) in [5, 5.41) is 3.01. The summed E-state index contributed by atoms with van der Waals surface area (Å²) < 4.78 is 0. The first-order valence-electron chi connectivity index (χ1n) is 6.83. The number of hydrogen-bond donors (Lipinski definition) is 2. The van der Waals surface area contributed by atoms with Crippen molar-refractivity contribution in [2.75, 3.05) is 6.54 Å². The first kappa shape index (κ1) is 18.2. The van der Waals surface area contributed by atoms with Crippen LogP contribution >= 0.6 is 24.0 Å². The van der Waals surface area contributed by atoms with Gasteiger partial charge < -0.3 is 11.1 Å². The molecule has 0 spiro atoms. The molecule has 2 aromatic rings. The van der Waals surface area contributed by atoms with E-state index in [-0.39, 0.29) is 24.0 Å². The molecule has 0 amide bonds. The van der Waals surface area contributed by atoms with E-state index in [0.717, 1.165) is 22.4 Å². The summed E-state index contributed by atoms with van der Waals surface area (Å²) in [6.45, 7) is 6.93. The van der Waals surface area contributed by atoms with E-state index in [9.17, 15) is 0 Å². The third kappa shape index (κ3) is 5.85. The molecule has 1 aromatic heterocycles. The fraction of sp³-hybridized carbons (Fsp3) is 0.176. The number of benzene rings is 1. The lowest BCUT2D eigenvalue weighted by Crippen LogP contribution is -2.32. The summed E-state index contributed by atoms with van der Waals surface area (Å²) in [4.78, 5) is 8.67. The Hall–Kier alpha value is -1.89. The van der Waals surface area contributed by atoms with E-state index in [1.54, 1.807) is 6.20 Å². The van der Waals surface area contributed by atoms with Crippen LogP contribution in [0.4, 0.5) is 0 Å². The summed E-state index contributed by atoms with van der Waals surface area (Å²) in [6, 6.07) is 14.0. The zero-order valence-corrected chi connectivity index (χ0v) is 15.0. The minimum absolute atomic E-state index is 0. The van der Waals surface area contributed by atoms with E-state index in [4.69, 9.17) is 5.73 Å². The number of aliphatic imine (C=N–C) groups is 1. The van der Waals surface area contributed by atoms with Gasteiger partial charge in [-0.15, -0.1) is 24.0 Å². The molecule has 0 radical (unpaired) electrons. The van der Waals surface area contributed by atoms with E-state index >= 15 is 0 Å². The Morgan fingerprint density at radius 2 is 2.09 bits per heavy atom. The Kier molecular flexibility index (Phi) is 7.59. The van der Waals surface area contributed by atoms with Crippen molar-refractivity contribution < 1.29 is 0 Å². The molecule has 0 saturated heterocycles. The Labute approximate surface area is 148 Å². The number of pyridine rings is 1. The number of nitrogens with two attached hydrogens (primary N) is 1. The second-order valence-corrected chi connectivity index (χ2v) is 4.93. The minimum atomic E-state index is 0. The van der Waals surface area contributed by atoms with Gasteiger partial charge in [0.15, 0.2) is 5.96 Å². The molecule has 0 saturated carbocycles. The molecule has 1 heterocycles. The summed E-state index contributed by atoms with van der Waals surface area (Å²) in [6.07, 6.45) is 1.79. The van der Waals surface area contributed by atoms with Crippen molar-refractivity contribution >= 4 is 29.9 Å². The molecule has 3 N–H and O–H groups in total. The maximum atomic E-state index is 5.80. The van der Waals surface area contributed by atoms with Crippen LogP contribution in [0.25, 0.3) is 11.3 Å². The van der Waals surface area contributed by atoms with Gasteiger partial charge in [0, 0.05) is 18.3 Å². The SMILES string of the molecule is C=C(C)CNC(N)=NCc1cccc(-c2ccccn2)c1.I. The molecule has 0 atom stereocenters. The second-order valence-electron chi connectivity index (χ2n) is 4.93. The monoisotopic (exact) mass is 408 g/mol. The molecular formula is C17H21IN4. The lowest BCUT2D eigenvalue weighted by molar-refractivity contribution is 0.940. The van der Waals surface area contributed by atoms with Crippen LogP contribution in [0.15, 0.2) is 65.8 Å². The van der Waals surface area contributed by atoms with Gasteiger partial charge in [-0.3, -0.25) is 4.98 Å². The molecule has 0 aliphatic rings. The number of hydrogen-bond acceptors (Lipinski definition) is 2. The molecule has 0 unspecified atom stereocenters. The molecule has 0 bridgehead atoms. The largest absolute Gasteiger partial charge is 0.370 e. The van der Waals surface area contributed by atoms with Gasteiger partial charge in [0.05, 0.1) is 12.2 Å². The number of nitrogens with zero attached hydrogens (tertiary/aromatic N) is 2. The quantitative estimate of drug-likeness (QED) is 0.345. The van der Waals surface area contributed by atoms with Crippen LogP contribution in [0.2, 0.25) is 0 Å². The Morgan fingerprint density at radius 3 is 2.77 bits per heavy atom. The van der Waals surface area contributed by atoms with Crippen LogP contribution in [-0.4, -0.2) is 17.5 Å². The number of halogens is 1. The standard InChI is InChI=1S/C17H20N4.HI/c1-13(2)11-20-17(18)21-12-14-6-5-7-15(10-14)16-8-3-4-9-19-16;/h3-10H,1,11-12H2,2H3,(H3,18,20,21);1H. The molecule has 1 aromatic carbocycles. The summed E-state index contributed by atoms with van der Waals surface area (Å²) in [5.41, 5.74) is 9.95. The topological polar surface area (TPSA) is 63.3 Å². The van der Waals surface area contributed by atoms with Gasteiger partial charge >= 0.3 is 0 Å². The highest BCUT2D eigenvalue weighted by molar-refractivity contribution is 14.0. The molecule has 0 aliphatic carbocycles. The summed E-state index contributed by atoms with van der Waals surface area (Å²) in [5.74, 6) is 0.432. The first-order chi connectivity index (χ1) is 10.1. The van der Waals surface area contributed by atoms with Crippen LogP contribution in [-0.2, 0) is 6.54 Å². The zero-order chi connectivity index (χ0) is 15.1. The van der Waals surface area contributed by atoms with Crippen LogP contribution in [0.1, 0.15) is 12.5 Å². The lowest BCUT2D eigenvalue weighted by Gasteiger charge is -2.06. The number of guanidine groups is 1. The van der Waals surface area contributed by atoms with Crippen molar-refractivity contribution in [3.63, 3.8) is 0 Å². The molecule has 4 nitrogen and oxygen atoms in total. The van der Waals surface area contributed by atoms with Gasteiger partial charge in [-0.1, -0.05) is 36.4 Å². The number of rotatable bonds is 5. The average Bonchev–Trinajstić information content (AvgIpc) is 2.52. The van der Waals surface area contributed by atoms with Gasteiger partial charge in [-0.25, -0.2) is 4.99 Å². The fourth-order valence-corrected chi connectivity index (χ4v) is 1.84. The highest BCUT2D eigenvalue weighted by atomic mass is 127. The maximum absolute atomic E-state index is 5.80. The molecule has 0 aliphatic heterocycles. The molecule has 116 valence electrons. The van der Waals surface area contributed by atoms with Crippen molar-refractivity contribution in [2.45, 2.75) is 13.5 Å². The Morgan fingerprint density at radius 1 is 1.27 bits per heavy atom. The summed E-state index contributed by atoms with van der Waals surface area (Å²) in [7, 11) is 0. The van der Waals surface area contributed by atoms with Crippen LogP contribution in [0.3, 0.4) is 0 Å². The fourth-order valence-electron chi connectivity index (χ4n) is 1.84. The van der Waals surface area contributed by atoms with Gasteiger partial charge in [0.1, 0.15) is 0 Å². The molecule has 22 heavy (non-hydrogen) atoms. The highest BCUT2D eigenvalue weighted by Gasteiger charge is 2.00. The number of aromatic nitrogens is 1. The van der Waals surface area contributed by atoms with Gasteiger partial charge in [-0.05, 0) is 30.7 Å². The molecule has 2 rings (SSSR count). The third-order valence-electron chi connectivity index (χ3n) is 2.89. The third-order valence-corrected chi connectivity index (χ3v) is 2.89. The minimum Gasteiger partial charge on any atom is -0.370 e. The lowest BCUT2D eigenvalue weighted by atomic mass is 10.1. The van der Waals surface area contributed by atoms with Gasteiger partial charge in [-0.2, -0.15) is 0 Å². The van der Waals surface area contributed by atoms with Crippen molar-refractivity contribution in [3.05, 3.63) is 66.4 Å². The van der Waals surface area contributed by atoms with Crippen LogP contribution < -0.4 is 11.1 Å². The molecule has 0 fully saturated rings. The van der Waals surface area contributed by atoms with E-state index in [0.29, 0.717) is 19.0 Å². The van der Waals surface area contributed by atoms with E-state index in [1.165, 1.54) is 0 Å². The van der Waals surface area contributed by atoms with Crippen molar-refractivity contribution in [1.29, 1.82) is 0 Å². The molecule has 5 heteroatoms. The normalized spacial score (nSPS) is 10.7. The van der Waals surface area contributed by atoms with E-state index in [2.05, 4.69) is 27.9 Å². The molecular weight excluding hydrogens is 387 g/mol. The number of nitrogens with one attached hydrogen (secondary N) is 1. The highest BCUT2D eigenvalue weighted by Crippen LogP contribution is 2.18.